The normalized spacial score (nSPS) is 11.0. The number of hydrogen-bond donors (Lipinski definition) is 1. The zero-order valence-corrected chi connectivity index (χ0v) is 13.5. The molecule has 0 spiro atoms. The number of aromatic nitrogens is 2. The molecule has 23 heavy (non-hydrogen) atoms. The van der Waals surface area contributed by atoms with E-state index in [9.17, 15) is 0 Å². The molecule has 2 aromatic carbocycles. The maximum absolute atomic E-state index is 4.45. The van der Waals surface area contributed by atoms with Crippen molar-refractivity contribution in [3.8, 4) is 0 Å². The van der Waals surface area contributed by atoms with Gasteiger partial charge in [-0.2, -0.15) is 5.10 Å². The van der Waals surface area contributed by atoms with E-state index in [0.717, 1.165) is 17.1 Å². The fraction of sp³-hybridized carbons (Fsp3) is 0.150. The summed E-state index contributed by atoms with van der Waals surface area (Å²) >= 11 is 0. The summed E-state index contributed by atoms with van der Waals surface area (Å²) in [6, 6.07) is 20.8. The molecule has 3 aromatic rings. The lowest BCUT2D eigenvalue weighted by atomic mass is 10.1. The van der Waals surface area contributed by atoms with E-state index >= 15 is 0 Å². The summed E-state index contributed by atoms with van der Waals surface area (Å²) in [5.74, 6) is 0. The summed E-state index contributed by atoms with van der Waals surface area (Å²) in [6.07, 6.45) is 4.25. The van der Waals surface area contributed by atoms with Gasteiger partial charge in [-0.1, -0.05) is 54.6 Å². The molecule has 0 aliphatic rings. The molecule has 116 valence electrons. The Labute approximate surface area is 137 Å². The van der Waals surface area contributed by atoms with Gasteiger partial charge in [0.1, 0.15) is 6.67 Å². The van der Waals surface area contributed by atoms with Gasteiger partial charge >= 0.3 is 0 Å². The maximum atomic E-state index is 4.45. The van der Waals surface area contributed by atoms with Crippen LogP contribution >= 0.6 is 0 Å². The van der Waals surface area contributed by atoms with E-state index in [1.807, 2.05) is 29.8 Å². The molecule has 0 bridgehead atoms. The van der Waals surface area contributed by atoms with Gasteiger partial charge in [-0.25, -0.2) is 0 Å². The van der Waals surface area contributed by atoms with Crippen LogP contribution in [-0.4, -0.2) is 9.78 Å². The lowest BCUT2D eigenvalue weighted by molar-refractivity contribution is 0.644. The molecule has 3 nitrogen and oxygen atoms in total. The van der Waals surface area contributed by atoms with Gasteiger partial charge in [-0.05, 0) is 43.2 Å². The Morgan fingerprint density at radius 1 is 0.913 bits per heavy atom. The molecule has 3 heteroatoms. The highest BCUT2D eigenvalue weighted by Gasteiger charge is 2.00. The molecule has 0 saturated heterocycles. The van der Waals surface area contributed by atoms with Crippen molar-refractivity contribution >= 4 is 17.8 Å². The van der Waals surface area contributed by atoms with Crippen LogP contribution in [0.15, 0.2) is 60.7 Å². The van der Waals surface area contributed by atoms with Gasteiger partial charge in [0.05, 0.1) is 5.69 Å². The van der Waals surface area contributed by atoms with E-state index in [1.165, 1.54) is 11.1 Å². The molecule has 0 radical (unpaired) electrons. The standard InChI is InChI=1S/C20H21N3/c1-16-14-17(2)23(22-16)15-21-20-12-10-19(11-13-20)9-8-18-6-4-3-5-7-18/h3-14,21H,15H2,1-2H3. The first kappa shape index (κ1) is 15.1. The largest absolute Gasteiger partial charge is 0.366 e. The van der Waals surface area contributed by atoms with E-state index in [4.69, 9.17) is 0 Å². The average Bonchev–Trinajstić information content (AvgIpc) is 2.90. The molecule has 1 N–H and O–H groups in total. The number of anilines is 1. The quantitative estimate of drug-likeness (QED) is 0.690. The topological polar surface area (TPSA) is 29.9 Å². The van der Waals surface area contributed by atoms with Crippen molar-refractivity contribution in [1.29, 1.82) is 0 Å². The third-order valence-electron chi connectivity index (χ3n) is 3.71. The van der Waals surface area contributed by atoms with Crippen molar-refractivity contribution in [3.63, 3.8) is 0 Å². The van der Waals surface area contributed by atoms with E-state index in [-0.39, 0.29) is 0 Å². The van der Waals surface area contributed by atoms with Gasteiger partial charge in [0.25, 0.3) is 0 Å². The van der Waals surface area contributed by atoms with E-state index in [1.54, 1.807) is 0 Å². The van der Waals surface area contributed by atoms with Crippen LogP contribution in [-0.2, 0) is 6.67 Å². The lowest BCUT2D eigenvalue weighted by Gasteiger charge is -2.08. The summed E-state index contributed by atoms with van der Waals surface area (Å²) in [5.41, 5.74) is 5.70. The molecule has 1 aromatic heterocycles. The highest BCUT2D eigenvalue weighted by molar-refractivity contribution is 5.70. The van der Waals surface area contributed by atoms with E-state index < -0.39 is 0 Å². The summed E-state index contributed by atoms with van der Waals surface area (Å²) < 4.78 is 1.97. The Bertz CT molecular complexity index is 784. The molecule has 1 heterocycles. The first-order valence-electron chi connectivity index (χ1n) is 7.79. The fourth-order valence-electron chi connectivity index (χ4n) is 2.47. The summed E-state index contributed by atoms with van der Waals surface area (Å²) in [7, 11) is 0. The zero-order valence-electron chi connectivity index (χ0n) is 13.5. The Hall–Kier alpha value is -2.81. The Kier molecular flexibility index (Phi) is 4.57. The molecule has 0 aliphatic heterocycles. The van der Waals surface area contributed by atoms with Crippen LogP contribution in [0.25, 0.3) is 12.2 Å². The first-order valence-corrected chi connectivity index (χ1v) is 7.79. The van der Waals surface area contributed by atoms with Crippen molar-refractivity contribution in [3.05, 3.63) is 83.2 Å². The van der Waals surface area contributed by atoms with Crippen molar-refractivity contribution in [2.24, 2.45) is 0 Å². The van der Waals surface area contributed by atoms with Gasteiger partial charge in [-0.3, -0.25) is 4.68 Å². The molecule has 0 aliphatic carbocycles. The maximum Gasteiger partial charge on any atom is 0.109 e. The smallest absolute Gasteiger partial charge is 0.109 e. The number of nitrogens with one attached hydrogen (secondary N) is 1. The van der Waals surface area contributed by atoms with Crippen molar-refractivity contribution in [2.45, 2.75) is 20.5 Å². The monoisotopic (exact) mass is 303 g/mol. The van der Waals surface area contributed by atoms with Crippen LogP contribution in [0.2, 0.25) is 0 Å². The minimum atomic E-state index is 0.679. The SMILES string of the molecule is Cc1cc(C)n(CNc2ccc(C=Cc3ccccc3)cc2)n1. The first-order chi connectivity index (χ1) is 11.2. The van der Waals surface area contributed by atoms with Crippen molar-refractivity contribution < 1.29 is 0 Å². The highest BCUT2D eigenvalue weighted by atomic mass is 15.3. The zero-order chi connectivity index (χ0) is 16.1. The van der Waals surface area contributed by atoms with Crippen molar-refractivity contribution in [2.75, 3.05) is 5.32 Å². The van der Waals surface area contributed by atoms with Crippen LogP contribution in [0, 0.1) is 13.8 Å². The second-order valence-electron chi connectivity index (χ2n) is 5.63. The van der Waals surface area contributed by atoms with E-state index in [2.05, 4.69) is 72.0 Å². The molecule has 3 rings (SSSR count). The van der Waals surface area contributed by atoms with Crippen LogP contribution < -0.4 is 5.32 Å². The van der Waals surface area contributed by atoms with E-state index in [0.29, 0.717) is 6.67 Å². The van der Waals surface area contributed by atoms with Gasteiger partial charge in [-0.15, -0.1) is 0 Å². The number of benzene rings is 2. The summed E-state index contributed by atoms with van der Waals surface area (Å²) in [5, 5.41) is 7.84. The third-order valence-corrected chi connectivity index (χ3v) is 3.71. The molecule has 0 unspecified atom stereocenters. The van der Waals surface area contributed by atoms with Crippen LogP contribution in [0.1, 0.15) is 22.5 Å². The van der Waals surface area contributed by atoms with Crippen molar-refractivity contribution in [1.82, 2.24) is 9.78 Å². The molecule has 0 amide bonds. The molecule has 0 fully saturated rings. The second kappa shape index (κ2) is 6.97. The summed E-state index contributed by atoms with van der Waals surface area (Å²) in [4.78, 5) is 0. The number of aryl methyl sites for hydroxylation is 2. The minimum absolute atomic E-state index is 0.679. The summed E-state index contributed by atoms with van der Waals surface area (Å²) in [6.45, 7) is 4.76. The van der Waals surface area contributed by atoms with Crippen LogP contribution in [0.4, 0.5) is 5.69 Å². The second-order valence-corrected chi connectivity index (χ2v) is 5.63. The van der Waals surface area contributed by atoms with Gasteiger partial charge < -0.3 is 5.32 Å². The number of nitrogens with zero attached hydrogens (tertiary/aromatic N) is 2. The van der Waals surface area contributed by atoms with Crippen LogP contribution in [0.5, 0.6) is 0 Å². The van der Waals surface area contributed by atoms with Gasteiger partial charge in [0.2, 0.25) is 0 Å². The molecule has 0 atom stereocenters. The van der Waals surface area contributed by atoms with Crippen LogP contribution in [0.3, 0.4) is 0 Å². The predicted octanol–water partition coefficient (Wildman–Crippen LogP) is 4.74. The average molecular weight is 303 g/mol. The fourth-order valence-corrected chi connectivity index (χ4v) is 2.47. The molecular weight excluding hydrogens is 282 g/mol. The van der Waals surface area contributed by atoms with Gasteiger partial charge in [0.15, 0.2) is 0 Å². The Morgan fingerprint density at radius 3 is 2.17 bits per heavy atom. The Morgan fingerprint density at radius 2 is 1.57 bits per heavy atom. The lowest BCUT2D eigenvalue weighted by Crippen LogP contribution is -2.10. The Balaban J connectivity index is 1.61. The third kappa shape index (κ3) is 4.10. The van der Waals surface area contributed by atoms with Gasteiger partial charge in [0, 0.05) is 11.4 Å². The highest BCUT2D eigenvalue weighted by Crippen LogP contribution is 2.13. The molecular formula is C20H21N3. The molecule has 0 saturated carbocycles. The predicted molar refractivity (Wildman–Crippen MR) is 97.1 cm³/mol. The number of hydrogen-bond acceptors (Lipinski definition) is 2. The minimum Gasteiger partial charge on any atom is -0.366 e. The number of rotatable bonds is 5.